The van der Waals surface area contributed by atoms with Crippen LogP contribution in [0.15, 0.2) is 18.3 Å². The van der Waals surface area contributed by atoms with Gasteiger partial charge >= 0.3 is 5.97 Å². The fourth-order valence-electron chi connectivity index (χ4n) is 2.38. The van der Waals surface area contributed by atoms with Gasteiger partial charge in [-0.3, -0.25) is 4.79 Å². The van der Waals surface area contributed by atoms with Crippen molar-refractivity contribution in [2.75, 3.05) is 11.9 Å². The zero-order valence-corrected chi connectivity index (χ0v) is 9.91. The number of hydrogen-bond donors (Lipinski definition) is 1. The Kier molecular flexibility index (Phi) is 3.56. The van der Waals surface area contributed by atoms with Crippen molar-refractivity contribution in [3.63, 3.8) is 0 Å². The number of aromatic nitrogens is 2. The van der Waals surface area contributed by atoms with Crippen LogP contribution in [0.5, 0.6) is 0 Å². The first-order valence-electron chi connectivity index (χ1n) is 5.92. The summed E-state index contributed by atoms with van der Waals surface area (Å²) in [6, 6.07) is 4.17. The van der Waals surface area contributed by atoms with Crippen LogP contribution in [0, 0.1) is 5.92 Å². The third kappa shape index (κ3) is 2.72. The van der Waals surface area contributed by atoms with Crippen LogP contribution >= 0.6 is 0 Å². The van der Waals surface area contributed by atoms with Gasteiger partial charge in [-0.2, -0.15) is 5.10 Å². The number of hydrogen-bond acceptors (Lipinski definition) is 4. The highest BCUT2D eigenvalue weighted by molar-refractivity contribution is 5.70. The molecule has 92 valence electrons. The molecule has 0 amide bonds. The Bertz CT molecular complexity index is 375. The van der Waals surface area contributed by atoms with Gasteiger partial charge in [-0.15, -0.1) is 5.10 Å². The van der Waals surface area contributed by atoms with Crippen molar-refractivity contribution in [3.8, 4) is 0 Å². The lowest BCUT2D eigenvalue weighted by molar-refractivity contribution is -0.142. The molecule has 0 saturated heterocycles. The molecule has 1 aliphatic rings. The van der Waals surface area contributed by atoms with E-state index in [1.807, 2.05) is 19.2 Å². The summed E-state index contributed by atoms with van der Waals surface area (Å²) in [5, 5.41) is 16.9. The Hall–Kier alpha value is -1.65. The van der Waals surface area contributed by atoms with Gasteiger partial charge in [-0.25, -0.2) is 0 Å². The van der Waals surface area contributed by atoms with Gasteiger partial charge in [0.15, 0.2) is 5.82 Å². The Morgan fingerprint density at radius 1 is 1.41 bits per heavy atom. The minimum absolute atomic E-state index is 0.165. The minimum Gasteiger partial charge on any atom is -0.481 e. The number of aliphatic carboxylic acids is 1. The summed E-state index contributed by atoms with van der Waals surface area (Å²) in [7, 11) is 2.00. The maximum Gasteiger partial charge on any atom is 0.306 e. The molecule has 5 nitrogen and oxygen atoms in total. The van der Waals surface area contributed by atoms with E-state index in [0.717, 1.165) is 31.5 Å². The fourth-order valence-corrected chi connectivity index (χ4v) is 2.38. The van der Waals surface area contributed by atoms with E-state index < -0.39 is 5.97 Å². The topological polar surface area (TPSA) is 66.3 Å². The van der Waals surface area contributed by atoms with Crippen LogP contribution in [0.2, 0.25) is 0 Å². The molecule has 1 aromatic heterocycles. The van der Waals surface area contributed by atoms with Crippen molar-refractivity contribution in [2.24, 2.45) is 5.92 Å². The molecule has 1 aliphatic carbocycles. The number of carboxylic acids is 1. The summed E-state index contributed by atoms with van der Waals surface area (Å²) >= 11 is 0. The smallest absolute Gasteiger partial charge is 0.306 e. The average Bonchev–Trinajstić information content (AvgIpc) is 2.39. The lowest BCUT2D eigenvalue weighted by atomic mass is 9.85. The van der Waals surface area contributed by atoms with E-state index in [1.54, 1.807) is 6.20 Å². The monoisotopic (exact) mass is 235 g/mol. The van der Waals surface area contributed by atoms with Crippen LogP contribution in [0.4, 0.5) is 5.82 Å². The number of nitrogens with zero attached hydrogens (tertiary/aromatic N) is 3. The summed E-state index contributed by atoms with van der Waals surface area (Å²) in [5.41, 5.74) is 0. The molecule has 1 saturated carbocycles. The maximum absolute atomic E-state index is 10.9. The molecular weight excluding hydrogens is 218 g/mol. The molecule has 0 aliphatic heterocycles. The zero-order valence-electron chi connectivity index (χ0n) is 9.91. The van der Waals surface area contributed by atoms with Crippen LogP contribution in [-0.4, -0.2) is 34.4 Å². The average molecular weight is 235 g/mol. The van der Waals surface area contributed by atoms with Crippen LogP contribution in [0.25, 0.3) is 0 Å². The van der Waals surface area contributed by atoms with E-state index in [1.165, 1.54) is 0 Å². The standard InChI is InChI=1S/C12H17N3O2/c1-15(11-3-2-8-13-14-11)10-6-4-9(5-7-10)12(16)17/h2-3,8-10H,4-7H2,1H3,(H,16,17). The van der Waals surface area contributed by atoms with E-state index in [9.17, 15) is 4.79 Å². The first-order chi connectivity index (χ1) is 8.18. The van der Waals surface area contributed by atoms with Gasteiger partial charge in [-0.1, -0.05) is 0 Å². The second-order valence-electron chi connectivity index (χ2n) is 4.54. The van der Waals surface area contributed by atoms with E-state index in [2.05, 4.69) is 15.1 Å². The molecule has 1 N–H and O–H groups in total. The van der Waals surface area contributed by atoms with Crippen LogP contribution < -0.4 is 4.90 Å². The van der Waals surface area contributed by atoms with Gasteiger partial charge in [0.05, 0.1) is 5.92 Å². The highest BCUT2D eigenvalue weighted by Crippen LogP contribution is 2.28. The quantitative estimate of drug-likeness (QED) is 0.861. The van der Waals surface area contributed by atoms with Crippen molar-refractivity contribution >= 4 is 11.8 Å². The van der Waals surface area contributed by atoms with E-state index in [4.69, 9.17) is 5.11 Å². The first kappa shape index (κ1) is 11.8. The normalized spacial score (nSPS) is 24.3. The summed E-state index contributed by atoms with van der Waals surface area (Å²) in [4.78, 5) is 13.0. The molecule has 0 radical (unpaired) electrons. The van der Waals surface area contributed by atoms with Crippen molar-refractivity contribution in [2.45, 2.75) is 31.7 Å². The molecule has 0 unspecified atom stereocenters. The molecule has 1 aromatic rings. The van der Waals surface area contributed by atoms with Gasteiger partial charge in [-0.05, 0) is 37.8 Å². The third-order valence-corrected chi connectivity index (χ3v) is 3.51. The largest absolute Gasteiger partial charge is 0.481 e. The molecule has 5 heteroatoms. The Morgan fingerprint density at radius 3 is 2.65 bits per heavy atom. The van der Waals surface area contributed by atoms with Gasteiger partial charge in [0.1, 0.15) is 0 Å². The maximum atomic E-state index is 10.9. The minimum atomic E-state index is -0.661. The van der Waals surface area contributed by atoms with Crippen molar-refractivity contribution in [1.29, 1.82) is 0 Å². The van der Waals surface area contributed by atoms with Crippen molar-refractivity contribution in [1.82, 2.24) is 10.2 Å². The van der Waals surface area contributed by atoms with E-state index >= 15 is 0 Å². The molecular formula is C12H17N3O2. The fraction of sp³-hybridized carbons (Fsp3) is 0.583. The summed E-state index contributed by atoms with van der Waals surface area (Å²) < 4.78 is 0. The van der Waals surface area contributed by atoms with Gasteiger partial charge in [0.2, 0.25) is 0 Å². The zero-order chi connectivity index (χ0) is 12.3. The van der Waals surface area contributed by atoms with Crippen LogP contribution in [0.1, 0.15) is 25.7 Å². The molecule has 0 spiro atoms. The molecule has 0 atom stereocenters. The van der Waals surface area contributed by atoms with Crippen molar-refractivity contribution in [3.05, 3.63) is 18.3 Å². The number of rotatable bonds is 3. The van der Waals surface area contributed by atoms with Crippen LogP contribution in [0.3, 0.4) is 0 Å². The van der Waals surface area contributed by atoms with Gasteiger partial charge in [0.25, 0.3) is 0 Å². The summed E-state index contributed by atoms with van der Waals surface area (Å²) in [6.07, 6.45) is 4.97. The van der Waals surface area contributed by atoms with E-state index in [0.29, 0.717) is 6.04 Å². The predicted molar refractivity (Wildman–Crippen MR) is 63.8 cm³/mol. The summed E-state index contributed by atoms with van der Waals surface area (Å²) in [6.45, 7) is 0. The number of anilines is 1. The van der Waals surface area contributed by atoms with Gasteiger partial charge in [0, 0.05) is 19.3 Å². The lowest BCUT2D eigenvalue weighted by Crippen LogP contribution is -2.37. The predicted octanol–water partition coefficient (Wildman–Crippen LogP) is 1.56. The molecule has 0 bridgehead atoms. The third-order valence-electron chi connectivity index (χ3n) is 3.51. The Balaban J connectivity index is 1.95. The molecule has 1 fully saturated rings. The van der Waals surface area contributed by atoms with Gasteiger partial charge < -0.3 is 10.0 Å². The summed E-state index contributed by atoms with van der Waals surface area (Å²) in [5.74, 6) is 0.0263. The van der Waals surface area contributed by atoms with Crippen molar-refractivity contribution < 1.29 is 9.90 Å². The molecule has 17 heavy (non-hydrogen) atoms. The second-order valence-corrected chi connectivity index (χ2v) is 4.54. The Morgan fingerprint density at radius 2 is 2.12 bits per heavy atom. The SMILES string of the molecule is CN(c1cccnn1)C1CCC(C(=O)O)CC1. The lowest BCUT2D eigenvalue weighted by Gasteiger charge is -2.33. The molecule has 2 rings (SSSR count). The highest BCUT2D eigenvalue weighted by atomic mass is 16.4. The molecule has 1 heterocycles. The van der Waals surface area contributed by atoms with Crippen LogP contribution in [-0.2, 0) is 4.79 Å². The number of carbonyl (C=O) groups is 1. The Labute approximate surface area is 100 Å². The van der Waals surface area contributed by atoms with E-state index in [-0.39, 0.29) is 5.92 Å². The number of carboxylic acid groups (broad SMARTS) is 1. The first-order valence-corrected chi connectivity index (χ1v) is 5.92. The second kappa shape index (κ2) is 5.12. The highest BCUT2D eigenvalue weighted by Gasteiger charge is 2.28. The molecule has 0 aromatic carbocycles.